The second-order valence-electron chi connectivity index (χ2n) is 4.44. The second kappa shape index (κ2) is 6.85. The summed E-state index contributed by atoms with van der Waals surface area (Å²) in [4.78, 5) is 14.0. The van der Waals surface area contributed by atoms with Gasteiger partial charge in [0, 0.05) is 30.2 Å². The van der Waals surface area contributed by atoms with Crippen molar-refractivity contribution >= 4 is 28.8 Å². The number of rotatable bonds is 7. The van der Waals surface area contributed by atoms with E-state index in [1.807, 2.05) is 18.7 Å². The van der Waals surface area contributed by atoms with Gasteiger partial charge in [-0.15, -0.1) is 0 Å². The van der Waals surface area contributed by atoms with Gasteiger partial charge in [-0.1, -0.05) is 0 Å². The molecule has 0 aliphatic heterocycles. The van der Waals surface area contributed by atoms with E-state index < -0.39 is 0 Å². The van der Waals surface area contributed by atoms with Gasteiger partial charge in [0.2, 0.25) is 11.0 Å². The fourth-order valence-corrected chi connectivity index (χ4v) is 2.65. The van der Waals surface area contributed by atoms with Crippen molar-refractivity contribution in [3.05, 3.63) is 28.1 Å². The largest absolute Gasteiger partial charge is 0.456 e. The Morgan fingerprint density at radius 1 is 1.35 bits per heavy atom. The number of aliphatic hydroxyl groups is 1. The van der Waals surface area contributed by atoms with Crippen LogP contribution in [0.2, 0.25) is 0 Å². The molecule has 0 fully saturated rings. The molecule has 2 aromatic rings. The molecule has 0 spiro atoms. The Balaban J connectivity index is 2.21. The van der Waals surface area contributed by atoms with E-state index in [0.717, 1.165) is 30.2 Å². The van der Waals surface area contributed by atoms with E-state index in [1.54, 1.807) is 11.8 Å². The lowest BCUT2D eigenvalue weighted by Crippen LogP contribution is -2.26. The molecule has 0 saturated heterocycles. The summed E-state index contributed by atoms with van der Waals surface area (Å²) >= 11 is 1.67. The molecule has 0 bridgehead atoms. The van der Waals surface area contributed by atoms with E-state index in [-0.39, 0.29) is 17.6 Å². The van der Waals surface area contributed by atoms with Gasteiger partial charge in [0.1, 0.15) is 0 Å². The van der Waals surface area contributed by atoms with Crippen LogP contribution in [-0.2, 0) is 0 Å². The molecule has 2 aromatic heterocycles. The lowest BCUT2D eigenvalue weighted by atomic mass is 10.3. The summed E-state index contributed by atoms with van der Waals surface area (Å²) in [5, 5.41) is 8.76. The van der Waals surface area contributed by atoms with Crippen LogP contribution in [0, 0.1) is 6.92 Å². The van der Waals surface area contributed by atoms with Gasteiger partial charge in [-0.3, -0.25) is 4.79 Å². The number of thioether (sulfide) groups is 1. The third kappa shape index (κ3) is 3.19. The molecule has 2 heterocycles. The number of anilines is 1. The van der Waals surface area contributed by atoms with Gasteiger partial charge in [0.15, 0.2) is 11.5 Å². The lowest BCUT2D eigenvalue weighted by molar-refractivity contribution is 0.322. The topological polar surface area (TPSA) is 66.8 Å². The van der Waals surface area contributed by atoms with Crippen LogP contribution in [0.5, 0.6) is 0 Å². The number of hydrogen-bond acceptors (Lipinski definition) is 6. The Morgan fingerprint density at radius 2 is 2.15 bits per heavy atom. The number of furan rings is 1. The van der Waals surface area contributed by atoms with E-state index in [9.17, 15) is 4.79 Å². The molecule has 1 N–H and O–H groups in total. The average Bonchev–Trinajstić information content (AvgIpc) is 2.81. The number of aliphatic hydroxyl groups excluding tert-OH is 1. The highest BCUT2D eigenvalue weighted by Crippen LogP contribution is 2.23. The van der Waals surface area contributed by atoms with E-state index in [0.29, 0.717) is 11.5 Å². The van der Waals surface area contributed by atoms with Crippen LogP contribution in [0.1, 0.15) is 12.5 Å². The quantitative estimate of drug-likeness (QED) is 0.791. The van der Waals surface area contributed by atoms with Gasteiger partial charge >= 0.3 is 0 Å². The predicted molar refractivity (Wildman–Crippen MR) is 81.8 cm³/mol. The summed E-state index contributed by atoms with van der Waals surface area (Å²) in [6, 6.07) is 1.48. The van der Waals surface area contributed by atoms with E-state index in [4.69, 9.17) is 13.9 Å². The van der Waals surface area contributed by atoms with Crippen LogP contribution >= 0.6 is 11.8 Å². The highest BCUT2D eigenvalue weighted by molar-refractivity contribution is 7.99. The molecule has 0 unspecified atom stereocenters. The predicted octanol–water partition coefficient (Wildman–Crippen LogP) is 2.25. The molecular formula is C14H19NO4S. The average molecular weight is 297 g/mol. The summed E-state index contributed by atoms with van der Waals surface area (Å²) in [5.41, 5.74) is 1.46. The summed E-state index contributed by atoms with van der Waals surface area (Å²) in [6.45, 7) is 5.58. The van der Waals surface area contributed by atoms with Gasteiger partial charge < -0.3 is 18.8 Å². The van der Waals surface area contributed by atoms with Gasteiger partial charge in [-0.05, 0) is 13.8 Å². The number of aryl methyl sites for hydroxylation is 1. The maximum absolute atomic E-state index is 12.0. The Hall–Kier alpha value is -1.40. The normalized spacial score (nSPS) is 11.2. The maximum Gasteiger partial charge on any atom is 0.230 e. The maximum atomic E-state index is 12.0. The van der Waals surface area contributed by atoms with Gasteiger partial charge in [0.25, 0.3) is 0 Å². The van der Waals surface area contributed by atoms with E-state index >= 15 is 0 Å². The minimum Gasteiger partial charge on any atom is -0.456 e. The first kappa shape index (κ1) is 15.0. The number of hydrogen-bond donors (Lipinski definition) is 1. The standard InChI is InChI=1S/C14H19NO4S/c1-3-15(4-6-20-7-5-16)12-8-11(17)14-13(19-12)10(2)9-18-14/h8-9,16H,3-7H2,1-2H3. The minimum atomic E-state index is -0.157. The second-order valence-corrected chi connectivity index (χ2v) is 5.67. The molecule has 0 amide bonds. The first-order valence-electron chi connectivity index (χ1n) is 6.62. The third-order valence-electron chi connectivity index (χ3n) is 3.04. The number of fused-ring (bicyclic) bond motifs is 1. The van der Waals surface area contributed by atoms with Crippen molar-refractivity contribution in [2.75, 3.05) is 36.1 Å². The third-order valence-corrected chi connectivity index (χ3v) is 3.98. The fraction of sp³-hybridized carbons (Fsp3) is 0.500. The summed E-state index contributed by atoms with van der Waals surface area (Å²) in [7, 11) is 0. The molecule has 0 aliphatic carbocycles. The van der Waals surface area contributed by atoms with Crippen molar-refractivity contribution < 1.29 is 13.9 Å². The minimum absolute atomic E-state index is 0.157. The molecule has 5 nitrogen and oxygen atoms in total. The highest BCUT2D eigenvalue weighted by Gasteiger charge is 2.14. The van der Waals surface area contributed by atoms with Crippen molar-refractivity contribution in [2.45, 2.75) is 13.8 Å². The van der Waals surface area contributed by atoms with Gasteiger partial charge in [-0.25, -0.2) is 0 Å². The monoisotopic (exact) mass is 297 g/mol. The van der Waals surface area contributed by atoms with Gasteiger partial charge in [-0.2, -0.15) is 11.8 Å². The number of nitrogens with zero attached hydrogens (tertiary/aromatic N) is 1. The zero-order valence-corrected chi connectivity index (χ0v) is 12.5. The zero-order chi connectivity index (χ0) is 14.5. The molecule has 0 aromatic carbocycles. The van der Waals surface area contributed by atoms with Crippen LogP contribution in [-0.4, -0.2) is 36.3 Å². The van der Waals surface area contributed by atoms with Crippen LogP contribution in [0.4, 0.5) is 5.88 Å². The van der Waals surface area contributed by atoms with E-state index in [1.165, 1.54) is 12.3 Å². The molecule has 110 valence electrons. The van der Waals surface area contributed by atoms with Crippen LogP contribution < -0.4 is 10.3 Å². The fourth-order valence-electron chi connectivity index (χ4n) is 1.96. The van der Waals surface area contributed by atoms with Crippen molar-refractivity contribution in [1.82, 2.24) is 0 Å². The SMILES string of the molecule is CCN(CCSCCO)c1cc(=O)c2occ(C)c2o1. The molecule has 6 heteroatoms. The summed E-state index contributed by atoms with van der Waals surface area (Å²) in [6.07, 6.45) is 1.53. The van der Waals surface area contributed by atoms with E-state index in [2.05, 4.69) is 0 Å². The molecule has 20 heavy (non-hydrogen) atoms. The first-order chi connectivity index (χ1) is 9.67. The van der Waals surface area contributed by atoms with Crippen molar-refractivity contribution in [3.8, 4) is 0 Å². The molecular weight excluding hydrogens is 278 g/mol. The van der Waals surface area contributed by atoms with Crippen LogP contribution in [0.3, 0.4) is 0 Å². The smallest absolute Gasteiger partial charge is 0.230 e. The molecule has 0 saturated carbocycles. The lowest BCUT2D eigenvalue weighted by Gasteiger charge is -2.20. The first-order valence-corrected chi connectivity index (χ1v) is 7.78. The van der Waals surface area contributed by atoms with Gasteiger partial charge in [0.05, 0.1) is 18.9 Å². The zero-order valence-electron chi connectivity index (χ0n) is 11.7. The van der Waals surface area contributed by atoms with Crippen molar-refractivity contribution in [3.63, 3.8) is 0 Å². The summed E-state index contributed by atoms with van der Waals surface area (Å²) < 4.78 is 11.0. The summed E-state index contributed by atoms with van der Waals surface area (Å²) in [5.74, 6) is 2.17. The molecule has 0 atom stereocenters. The molecule has 0 radical (unpaired) electrons. The van der Waals surface area contributed by atoms with Crippen molar-refractivity contribution in [2.24, 2.45) is 0 Å². The Labute approximate surface area is 121 Å². The van der Waals surface area contributed by atoms with Crippen LogP contribution in [0.25, 0.3) is 11.2 Å². The van der Waals surface area contributed by atoms with Crippen molar-refractivity contribution in [1.29, 1.82) is 0 Å². The molecule has 2 rings (SSSR count). The Kier molecular flexibility index (Phi) is 5.14. The van der Waals surface area contributed by atoms with Crippen LogP contribution in [0.15, 0.2) is 26.0 Å². The Morgan fingerprint density at radius 3 is 2.85 bits per heavy atom. The molecule has 0 aliphatic rings. The Bertz CT molecular complexity index is 619. The highest BCUT2D eigenvalue weighted by atomic mass is 32.2.